The number of benzene rings is 1. The van der Waals surface area contributed by atoms with Crippen molar-refractivity contribution in [3.05, 3.63) is 56.1 Å². The fourth-order valence-electron chi connectivity index (χ4n) is 2.82. The molecule has 1 aromatic carbocycles. The predicted molar refractivity (Wildman–Crippen MR) is 108 cm³/mol. The molecule has 0 amide bonds. The largest absolute Gasteiger partial charge is 0.449 e. The van der Waals surface area contributed by atoms with Gasteiger partial charge in [0, 0.05) is 18.1 Å². The van der Waals surface area contributed by atoms with Gasteiger partial charge in [-0.25, -0.2) is 9.37 Å². The summed E-state index contributed by atoms with van der Waals surface area (Å²) in [5.41, 5.74) is -2.32. The van der Waals surface area contributed by atoms with E-state index in [1.165, 1.54) is 25.1 Å². The molecule has 0 aliphatic heterocycles. The molecule has 1 N–H and O–H groups in total. The monoisotopic (exact) mass is 437 g/mol. The van der Waals surface area contributed by atoms with Crippen molar-refractivity contribution in [2.24, 2.45) is 0 Å². The summed E-state index contributed by atoms with van der Waals surface area (Å²) in [5.74, 6) is 1.20. The number of H-pyrrole nitrogens is 1. The van der Waals surface area contributed by atoms with Crippen LogP contribution in [0.2, 0.25) is 10.0 Å². The Morgan fingerprint density at radius 2 is 2.07 bits per heavy atom. The Labute approximate surface area is 176 Å². The molecule has 6 nitrogen and oxygen atoms in total. The first-order chi connectivity index (χ1) is 13.8. The minimum absolute atomic E-state index is 0.0900. The molecule has 1 fully saturated rings. The smallest absolute Gasteiger partial charge is 0.294 e. The minimum Gasteiger partial charge on any atom is -0.449 e. The maximum Gasteiger partial charge on any atom is 0.294 e. The van der Waals surface area contributed by atoms with Gasteiger partial charge in [0.25, 0.3) is 5.56 Å². The van der Waals surface area contributed by atoms with Gasteiger partial charge in [-0.2, -0.15) is 0 Å². The Bertz CT molecular complexity index is 1120. The third kappa shape index (κ3) is 4.02. The van der Waals surface area contributed by atoms with Crippen LogP contribution < -0.4 is 10.3 Å². The zero-order valence-corrected chi connectivity index (χ0v) is 17.3. The van der Waals surface area contributed by atoms with Crippen LogP contribution >= 0.6 is 23.2 Å². The Morgan fingerprint density at radius 3 is 2.72 bits per heavy atom. The lowest BCUT2D eigenvalue weighted by molar-refractivity contribution is 0.173. The van der Waals surface area contributed by atoms with Gasteiger partial charge >= 0.3 is 0 Å². The highest BCUT2D eigenvalue weighted by atomic mass is 35.5. The molecule has 9 heteroatoms. The molecule has 152 valence electrons. The van der Waals surface area contributed by atoms with E-state index in [1.54, 1.807) is 13.0 Å². The van der Waals surface area contributed by atoms with Gasteiger partial charge in [-0.3, -0.25) is 4.79 Å². The molecule has 29 heavy (non-hydrogen) atoms. The quantitative estimate of drug-likeness (QED) is 0.511. The standard InChI is InChI=1S/C20H18Cl2FN3O3/c1-3-20(2,23)17-16(28-11-6-7-12(21)13(22)8-11)19(27)25-18(24-17)14-9-15(29-26-14)10-4-5-10/h6-10H,3-5H2,1-2H3,(H,24,25,27). The van der Waals surface area contributed by atoms with Gasteiger partial charge in [0.2, 0.25) is 5.75 Å². The van der Waals surface area contributed by atoms with Crippen molar-refractivity contribution in [2.45, 2.75) is 44.7 Å². The molecular formula is C20H18Cl2FN3O3. The predicted octanol–water partition coefficient (Wildman–Crippen LogP) is 6.00. The highest BCUT2D eigenvalue weighted by molar-refractivity contribution is 6.42. The van der Waals surface area contributed by atoms with E-state index in [0.717, 1.165) is 18.6 Å². The molecule has 1 unspecified atom stereocenters. The number of hydrogen-bond acceptors (Lipinski definition) is 5. The molecule has 3 aromatic rings. The van der Waals surface area contributed by atoms with Crippen LogP contribution in [-0.2, 0) is 5.67 Å². The molecule has 1 saturated carbocycles. The van der Waals surface area contributed by atoms with Crippen LogP contribution in [0, 0.1) is 0 Å². The second-order valence-corrected chi connectivity index (χ2v) is 8.02. The van der Waals surface area contributed by atoms with Crippen molar-refractivity contribution in [1.82, 2.24) is 15.1 Å². The average Bonchev–Trinajstić information content (AvgIpc) is 3.42. The fourth-order valence-corrected chi connectivity index (χ4v) is 3.11. The van der Waals surface area contributed by atoms with Crippen LogP contribution in [0.3, 0.4) is 0 Å². The van der Waals surface area contributed by atoms with Crippen molar-refractivity contribution >= 4 is 23.2 Å². The number of ether oxygens (including phenoxy) is 1. The van der Waals surface area contributed by atoms with Crippen LogP contribution in [-0.4, -0.2) is 15.1 Å². The molecule has 0 saturated heterocycles. The molecule has 1 atom stereocenters. The topological polar surface area (TPSA) is 81.0 Å². The number of halogens is 3. The Hall–Kier alpha value is -2.38. The number of hydrogen-bond donors (Lipinski definition) is 1. The van der Waals surface area contributed by atoms with Crippen molar-refractivity contribution < 1.29 is 13.7 Å². The number of alkyl halides is 1. The number of nitrogens with one attached hydrogen (secondary N) is 1. The number of aromatic nitrogens is 3. The van der Waals surface area contributed by atoms with Crippen LogP contribution in [0.1, 0.15) is 50.5 Å². The summed E-state index contributed by atoms with van der Waals surface area (Å²) in [6.07, 6.45) is 2.17. The van der Waals surface area contributed by atoms with E-state index in [4.69, 9.17) is 32.5 Å². The van der Waals surface area contributed by atoms with Crippen LogP contribution in [0.4, 0.5) is 4.39 Å². The lowest BCUT2D eigenvalue weighted by Gasteiger charge is -2.21. The van der Waals surface area contributed by atoms with Crippen LogP contribution in [0.5, 0.6) is 11.5 Å². The Morgan fingerprint density at radius 1 is 1.31 bits per heavy atom. The van der Waals surface area contributed by atoms with Gasteiger partial charge in [0.05, 0.1) is 10.0 Å². The van der Waals surface area contributed by atoms with Crippen molar-refractivity contribution in [3.8, 4) is 23.0 Å². The van der Waals surface area contributed by atoms with Gasteiger partial charge < -0.3 is 14.2 Å². The lowest BCUT2D eigenvalue weighted by Crippen LogP contribution is -2.24. The summed E-state index contributed by atoms with van der Waals surface area (Å²) in [4.78, 5) is 19.7. The van der Waals surface area contributed by atoms with E-state index in [-0.39, 0.29) is 34.5 Å². The minimum atomic E-state index is -1.91. The second-order valence-electron chi connectivity index (χ2n) is 7.21. The van der Waals surface area contributed by atoms with E-state index in [2.05, 4.69) is 15.1 Å². The summed E-state index contributed by atoms with van der Waals surface area (Å²) < 4.78 is 26.3. The van der Waals surface area contributed by atoms with Crippen LogP contribution in [0.25, 0.3) is 11.5 Å². The zero-order valence-electron chi connectivity index (χ0n) is 15.8. The van der Waals surface area contributed by atoms with E-state index in [9.17, 15) is 4.79 Å². The fraction of sp³-hybridized carbons (Fsp3) is 0.350. The van der Waals surface area contributed by atoms with Crippen LogP contribution in [0.15, 0.2) is 33.6 Å². The summed E-state index contributed by atoms with van der Waals surface area (Å²) in [6, 6.07) is 6.23. The lowest BCUT2D eigenvalue weighted by atomic mass is 10.00. The van der Waals surface area contributed by atoms with E-state index >= 15 is 4.39 Å². The number of aromatic amines is 1. The maximum atomic E-state index is 15.3. The summed E-state index contributed by atoms with van der Waals surface area (Å²) in [5, 5.41) is 4.56. The van der Waals surface area contributed by atoms with Gasteiger partial charge in [0.15, 0.2) is 11.5 Å². The molecule has 1 aliphatic rings. The van der Waals surface area contributed by atoms with E-state index in [1.807, 2.05) is 0 Å². The van der Waals surface area contributed by atoms with Gasteiger partial charge in [-0.15, -0.1) is 0 Å². The highest BCUT2D eigenvalue weighted by Gasteiger charge is 2.33. The zero-order chi connectivity index (χ0) is 20.8. The average molecular weight is 438 g/mol. The highest BCUT2D eigenvalue weighted by Crippen LogP contribution is 2.41. The van der Waals surface area contributed by atoms with Crippen molar-refractivity contribution in [1.29, 1.82) is 0 Å². The Kier molecular flexibility index (Phi) is 5.12. The SMILES string of the molecule is CCC(C)(F)c1nc(-c2cc(C3CC3)on2)[nH]c(=O)c1Oc1ccc(Cl)c(Cl)c1. The first kappa shape index (κ1) is 19.9. The third-order valence-corrected chi connectivity index (χ3v) is 5.64. The molecule has 0 spiro atoms. The van der Waals surface area contributed by atoms with Crippen molar-refractivity contribution in [3.63, 3.8) is 0 Å². The third-order valence-electron chi connectivity index (χ3n) is 4.90. The summed E-state index contributed by atoms with van der Waals surface area (Å²) in [7, 11) is 0. The first-order valence-electron chi connectivity index (χ1n) is 9.22. The second kappa shape index (κ2) is 7.46. The molecule has 4 rings (SSSR count). The molecule has 0 bridgehead atoms. The Balaban J connectivity index is 1.79. The number of rotatable bonds is 6. The molecule has 2 heterocycles. The molecule has 2 aromatic heterocycles. The maximum absolute atomic E-state index is 15.3. The normalized spacial score (nSPS) is 15.9. The van der Waals surface area contributed by atoms with E-state index in [0.29, 0.717) is 16.6 Å². The molecule has 0 radical (unpaired) electrons. The van der Waals surface area contributed by atoms with Gasteiger partial charge in [-0.1, -0.05) is 35.3 Å². The van der Waals surface area contributed by atoms with Crippen molar-refractivity contribution in [2.75, 3.05) is 0 Å². The molecular weight excluding hydrogens is 420 g/mol. The summed E-state index contributed by atoms with van der Waals surface area (Å²) in [6.45, 7) is 3.01. The van der Waals surface area contributed by atoms with Gasteiger partial charge in [-0.05, 0) is 38.3 Å². The molecule has 1 aliphatic carbocycles. The van der Waals surface area contributed by atoms with E-state index < -0.39 is 11.2 Å². The number of nitrogens with zero attached hydrogens (tertiary/aromatic N) is 2. The summed E-state index contributed by atoms with van der Waals surface area (Å²) >= 11 is 11.9. The first-order valence-corrected chi connectivity index (χ1v) is 9.97. The van der Waals surface area contributed by atoms with Gasteiger partial charge in [0.1, 0.15) is 22.9 Å².